The minimum Gasteiger partial charge on any atom is -0.490 e. The smallest absolute Gasteiger partial charge is 0.410 e. The van der Waals surface area contributed by atoms with E-state index >= 15 is 0 Å². The Kier molecular flexibility index (Phi) is 10.3. The Bertz CT molecular complexity index is 1450. The van der Waals surface area contributed by atoms with E-state index in [0.717, 1.165) is 34.1 Å². The number of aryl methyl sites for hydroxylation is 3. The number of likely N-dealkylation sites (tertiary alicyclic amines) is 1. The molecule has 2 heterocycles. The molecule has 4 rings (SSSR count). The van der Waals surface area contributed by atoms with E-state index in [4.69, 9.17) is 18.9 Å². The van der Waals surface area contributed by atoms with Crippen molar-refractivity contribution in [2.45, 2.75) is 78.4 Å². The van der Waals surface area contributed by atoms with Gasteiger partial charge in [0.25, 0.3) is 0 Å². The first-order valence-corrected chi connectivity index (χ1v) is 15.4. The molecule has 0 aliphatic carbocycles. The molecule has 1 fully saturated rings. The molecule has 1 amide bonds. The van der Waals surface area contributed by atoms with Crippen LogP contribution in [0.1, 0.15) is 69.0 Å². The molecule has 0 unspecified atom stereocenters. The molecule has 1 aliphatic rings. The maximum atomic E-state index is 12.6. The Morgan fingerprint density at radius 3 is 2.50 bits per heavy atom. The monoisotopic (exact) mass is 592 g/mol. The number of hydrogen-bond donors (Lipinski definition) is 0. The minimum atomic E-state index is -0.558. The van der Waals surface area contributed by atoms with Crippen molar-refractivity contribution in [3.05, 3.63) is 58.0 Å². The summed E-state index contributed by atoms with van der Waals surface area (Å²) in [4.78, 5) is 27.7. The van der Waals surface area contributed by atoms with Gasteiger partial charge in [0, 0.05) is 29.0 Å². The van der Waals surface area contributed by atoms with Crippen LogP contribution in [0.3, 0.4) is 0 Å². The lowest BCUT2D eigenvalue weighted by Gasteiger charge is -2.24. The predicted molar refractivity (Wildman–Crippen MR) is 163 cm³/mol. The number of thiophene rings is 1. The number of ether oxygens (including phenoxy) is 4. The third-order valence-corrected chi connectivity index (χ3v) is 8.07. The Hall–Kier alpha value is -3.77. The van der Waals surface area contributed by atoms with Crippen molar-refractivity contribution >= 4 is 33.5 Å². The van der Waals surface area contributed by atoms with Crippen molar-refractivity contribution in [1.82, 2.24) is 4.90 Å². The zero-order chi connectivity index (χ0) is 30.3. The third-order valence-electron chi connectivity index (χ3n) is 6.90. The zero-order valence-corrected chi connectivity index (χ0v) is 26.0. The van der Waals surface area contributed by atoms with Crippen LogP contribution in [0, 0.1) is 11.3 Å². The number of fused-ring (bicyclic) bond motifs is 1. The van der Waals surface area contributed by atoms with Gasteiger partial charge in [0.05, 0.1) is 31.4 Å². The van der Waals surface area contributed by atoms with E-state index in [1.165, 1.54) is 4.88 Å². The van der Waals surface area contributed by atoms with E-state index in [-0.39, 0.29) is 24.6 Å². The zero-order valence-electron chi connectivity index (χ0n) is 25.2. The SMILES string of the molecule is CCOC(=O)CCc1cc(O[C@H]2CCN(C(=O)OC(C)(C)C)C2)c(OCC)cc1CCc1cc2cc(C#N)ccc2s1. The first kappa shape index (κ1) is 31.2. The first-order chi connectivity index (χ1) is 20.1. The largest absolute Gasteiger partial charge is 0.490 e. The van der Waals surface area contributed by atoms with E-state index in [0.29, 0.717) is 56.2 Å². The van der Waals surface area contributed by atoms with Crippen LogP contribution in [-0.2, 0) is 33.5 Å². The van der Waals surface area contributed by atoms with Gasteiger partial charge >= 0.3 is 12.1 Å². The number of esters is 1. The molecule has 2 aromatic carbocycles. The molecule has 0 N–H and O–H groups in total. The Morgan fingerprint density at radius 1 is 1.02 bits per heavy atom. The minimum absolute atomic E-state index is 0.197. The van der Waals surface area contributed by atoms with Gasteiger partial charge in [-0.1, -0.05) is 0 Å². The van der Waals surface area contributed by atoms with Crippen molar-refractivity contribution in [2.75, 3.05) is 26.3 Å². The van der Waals surface area contributed by atoms with Gasteiger partial charge < -0.3 is 23.8 Å². The average Bonchev–Trinajstić information content (AvgIpc) is 3.58. The number of carbonyl (C=O) groups excluding carboxylic acids is 2. The molecule has 3 aromatic rings. The highest BCUT2D eigenvalue weighted by atomic mass is 32.1. The molecule has 1 aliphatic heterocycles. The van der Waals surface area contributed by atoms with Crippen LogP contribution in [0.25, 0.3) is 10.1 Å². The summed E-state index contributed by atoms with van der Waals surface area (Å²) < 4.78 is 24.3. The summed E-state index contributed by atoms with van der Waals surface area (Å²) in [6.45, 7) is 11.1. The maximum absolute atomic E-state index is 12.6. The van der Waals surface area contributed by atoms with Gasteiger partial charge in [-0.3, -0.25) is 4.79 Å². The summed E-state index contributed by atoms with van der Waals surface area (Å²) in [5.74, 6) is 1.03. The molecule has 42 heavy (non-hydrogen) atoms. The van der Waals surface area contributed by atoms with Crippen molar-refractivity contribution in [2.24, 2.45) is 0 Å². The maximum Gasteiger partial charge on any atom is 0.410 e. The van der Waals surface area contributed by atoms with Gasteiger partial charge in [-0.15, -0.1) is 11.3 Å². The summed E-state index contributed by atoms with van der Waals surface area (Å²) >= 11 is 1.73. The molecule has 0 radical (unpaired) electrons. The van der Waals surface area contributed by atoms with Crippen LogP contribution in [0.5, 0.6) is 11.5 Å². The number of benzene rings is 2. The fourth-order valence-electron chi connectivity index (χ4n) is 4.99. The summed E-state index contributed by atoms with van der Waals surface area (Å²) in [6.07, 6.45) is 2.50. The molecule has 1 saturated heterocycles. The lowest BCUT2D eigenvalue weighted by Crippen LogP contribution is -2.36. The van der Waals surface area contributed by atoms with Crippen LogP contribution < -0.4 is 9.47 Å². The summed E-state index contributed by atoms with van der Waals surface area (Å²) in [7, 11) is 0. The quantitative estimate of drug-likeness (QED) is 0.225. The van der Waals surface area contributed by atoms with Crippen LogP contribution in [0.15, 0.2) is 36.4 Å². The number of nitriles is 1. The van der Waals surface area contributed by atoms with E-state index in [1.54, 1.807) is 23.2 Å². The molecule has 1 aromatic heterocycles. The van der Waals surface area contributed by atoms with Gasteiger partial charge in [0.15, 0.2) is 11.5 Å². The fraction of sp³-hybridized carbons (Fsp3) is 0.485. The lowest BCUT2D eigenvalue weighted by molar-refractivity contribution is -0.143. The first-order valence-electron chi connectivity index (χ1n) is 14.6. The third kappa shape index (κ3) is 8.39. The molecule has 0 bridgehead atoms. The predicted octanol–water partition coefficient (Wildman–Crippen LogP) is 6.84. The molecule has 224 valence electrons. The summed E-state index contributed by atoms with van der Waals surface area (Å²) in [5, 5.41) is 10.3. The van der Waals surface area contributed by atoms with Gasteiger partial charge in [-0.25, -0.2) is 4.79 Å². The molecular formula is C33H40N2O6S. The molecule has 1 atom stereocenters. The summed E-state index contributed by atoms with van der Waals surface area (Å²) in [5.41, 5.74) is 2.20. The molecule has 8 nitrogen and oxygen atoms in total. The standard InChI is InChI=1S/C33H40N2O6S/c1-6-38-28-18-23(9-11-27-17-25-16-22(20-34)8-12-30(25)42-27)24(10-13-31(36)39-7-2)19-29(28)40-26-14-15-35(21-26)32(37)41-33(3,4)5/h8,12,16-19,26H,6-7,9-11,13-15,21H2,1-5H3/t26-/m0/s1. The average molecular weight is 593 g/mol. The van der Waals surface area contributed by atoms with E-state index in [2.05, 4.69) is 12.1 Å². The van der Waals surface area contributed by atoms with Gasteiger partial charge in [0.1, 0.15) is 11.7 Å². The van der Waals surface area contributed by atoms with E-state index in [9.17, 15) is 14.9 Å². The topological polar surface area (TPSA) is 98.1 Å². The van der Waals surface area contributed by atoms with Crippen molar-refractivity contribution in [3.8, 4) is 17.6 Å². The van der Waals surface area contributed by atoms with Crippen molar-refractivity contribution < 1.29 is 28.5 Å². The number of nitrogens with zero attached hydrogens (tertiary/aromatic N) is 2. The van der Waals surface area contributed by atoms with Gasteiger partial charge in [-0.2, -0.15) is 5.26 Å². The van der Waals surface area contributed by atoms with E-state index in [1.807, 2.05) is 58.0 Å². The van der Waals surface area contributed by atoms with Crippen LogP contribution in [0.4, 0.5) is 4.79 Å². The molecule has 0 spiro atoms. The molecular weight excluding hydrogens is 552 g/mol. The molecule has 9 heteroatoms. The second-order valence-corrected chi connectivity index (χ2v) is 12.5. The van der Waals surface area contributed by atoms with Gasteiger partial charge in [-0.05, 0) is 107 Å². The van der Waals surface area contributed by atoms with Crippen molar-refractivity contribution in [3.63, 3.8) is 0 Å². The highest BCUT2D eigenvalue weighted by molar-refractivity contribution is 7.19. The highest BCUT2D eigenvalue weighted by Gasteiger charge is 2.31. The number of hydrogen-bond acceptors (Lipinski definition) is 8. The molecule has 0 saturated carbocycles. The van der Waals surface area contributed by atoms with Crippen LogP contribution >= 0.6 is 11.3 Å². The number of amides is 1. The second kappa shape index (κ2) is 13.9. The second-order valence-electron chi connectivity index (χ2n) is 11.3. The van der Waals surface area contributed by atoms with Crippen LogP contribution in [0.2, 0.25) is 0 Å². The lowest BCUT2D eigenvalue weighted by atomic mass is 9.97. The Labute approximate surface area is 252 Å². The van der Waals surface area contributed by atoms with Crippen LogP contribution in [-0.4, -0.2) is 55.0 Å². The Balaban J connectivity index is 1.55. The van der Waals surface area contributed by atoms with Crippen molar-refractivity contribution in [1.29, 1.82) is 5.26 Å². The summed E-state index contributed by atoms with van der Waals surface area (Å²) in [6, 6.07) is 14.1. The van der Waals surface area contributed by atoms with E-state index < -0.39 is 5.60 Å². The highest BCUT2D eigenvalue weighted by Crippen LogP contribution is 2.35. The fourth-order valence-corrected chi connectivity index (χ4v) is 6.03. The number of rotatable bonds is 11. The van der Waals surface area contributed by atoms with Gasteiger partial charge in [0.2, 0.25) is 0 Å². The Morgan fingerprint density at radius 2 is 1.79 bits per heavy atom. The number of carbonyl (C=O) groups is 2. The normalized spacial score (nSPS) is 15.0.